The van der Waals surface area contributed by atoms with E-state index in [0.29, 0.717) is 13.0 Å². The highest BCUT2D eigenvalue weighted by molar-refractivity contribution is 5.96. The lowest BCUT2D eigenvalue weighted by Crippen LogP contribution is -2.44. The highest BCUT2D eigenvalue weighted by Gasteiger charge is 2.35. The quantitative estimate of drug-likeness (QED) is 0.891. The van der Waals surface area contributed by atoms with Gasteiger partial charge >= 0.3 is 5.97 Å². The summed E-state index contributed by atoms with van der Waals surface area (Å²) in [4.78, 5) is 32.0. The third kappa shape index (κ3) is 3.25. The summed E-state index contributed by atoms with van der Waals surface area (Å²) in [5.41, 5.74) is 1.63. The summed E-state index contributed by atoms with van der Waals surface area (Å²) in [6.45, 7) is 5.25. The number of nitrogens with zero attached hydrogens (tertiary/aromatic N) is 5. The molecule has 2 aliphatic heterocycles. The van der Waals surface area contributed by atoms with Crippen molar-refractivity contribution in [3.63, 3.8) is 0 Å². The first-order chi connectivity index (χ1) is 11.9. The molecule has 2 atom stereocenters. The molecule has 0 aliphatic carbocycles. The monoisotopic (exact) mass is 347 g/mol. The Labute approximate surface area is 147 Å². The summed E-state index contributed by atoms with van der Waals surface area (Å²) in [6, 6.07) is -0.166. The van der Waals surface area contributed by atoms with Crippen LogP contribution in [-0.4, -0.2) is 56.8 Å². The molecule has 0 bridgehead atoms. The van der Waals surface area contributed by atoms with Gasteiger partial charge in [-0.25, -0.2) is 4.68 Å². The minimum atomic E-state index is -0.775. The fourth-order valence-corrected chi connectivity index (χ4v) is 3.83. The second kappa shape index (κ2) is 6.85. The van der Waals surface area contributed by atoms with Crippen molar-refractivity contribution in [2.24, 2.45) is 5.92 Å². The number of rotatable bonds is 4. The molecule has 1 fully saturated rings. The Balaban J connectivity index is 1.77. The summed E-state index contributed by atoms with van der Waals surface area (Å²) in [6.07, 6.45) is 4.19. The van der Waals surface area contributed by atoms with Crippen molar-refractivity contribution < 1.29 is 14.7 Å². The van der Waals surface area contributed by atoms with Gasteiger partial charge in [-0.2, -0.15) is 10.1 Å². The van der Waals surface area contributed by atoms with Crippen molar-refractivity contribution in [1.29, 1.82) is 0 Å². The number of aliphatic carboxylic acids is 1. The van der Waals surface area contributed by atoms with Gasteiger partial charge in [0.1, 0.15) is 6.33 Å². The third-order valence-electron chi connectivity index (χ3n) is 5.33. The van der Waals surface area contributed by atoms with Crippen molar-refractivity contribution in [3.05, 3.63) is 17.6 Å². The number of hydrogen-bond acceptors (Lipinski definition) is 5. The lowest BCUT2D eigenvalue weighted by Gasteiger charge is -2.37. The Bertz CT molecular complexity index is 711. The van der Waals surface area contributed by atoms with Crippen LogP contribution in [0.1, 0.15) is 45.6 Å². The molecule has 25 heavy (non-hydrogen) atoms. The average molecular weight is 347 g/mol. The topological polar surface area (TPSA) is 91.6 Å². The smallest absolute Gasteiger partial charge is 0.303 e. The first-order valence-corrected chi connectivity index (χ1v) is 8.75. The molecule has 2 unspecified atom stereocenters. The van der Waals surface area contributed by atoms with E-state index in [-0.39, 0.29) is 24.3 Å². The van der Waals surface area contributed by atoms with Crippen molar-refractivity contribution in [3.8, 4) is 0 Å². The van der Waals surface area contributed by atoms with Crippen LogP contribution in [0.4, 0.5) is 5.95 Å². The number of carboxylic acid groups (broad SMARTS) is 1. The highest BCUT2D eigenvalue weighted by Crippen LogP contribution is 2.34. The minimum Gasteiger partial charge on any atom is -0.481 e. The number of piperidine rings is 1. The van der Waals surface area contributed by atoms with Crippen LogP contribution in [0.15, 0.2) is 17.6 Å². The molecular formula is C17H25N5O3. The van der Waals surface area contributed by atoms with Crippen molar-refractivity contribution in [2.45, 2.75) is 45.6 Å². The maximum atomic E-state index is 13.2. The van der Waals surface area contributed by atoms with Gasteiger partial charge in [0.25, 0.3) is 5.91 Å². The van der Waals surface area contributed by atoms with E-state index in [0.717, 1.165) is 36.6 Å². The van der Waals surface area contributed by atoms with Gasteiger partial charge in [0.2, 0.25) is 5.95 Å². The molecule has 1 N–H and O–H groups in total. The van der Waals surface area contributed by atoms with E-state index in [1.807, 2.05) is 30.7 Å². The van der Waals surface area contributed by atoms with Crippen LogP contribution in [0.3, 0.4) is 0 Å². The highest BCUT2D eigenvalue weighted by atomic mass is 16.4. The number of fused-ring (bicyclic) bond motifs is 1. The van der Waals surface area contributed by atoms with Gasteiger partial charge in [-0.1, -0.05) is 0 Å². The van der Waals surface area contributed by atoms with Crippen molar-refractivity contribution >= 4 is 17.8 Å². The molecule has 8 heteroatoms. The van der Waals surface area contributed by atoms with E-state index in [2.05, 4.69) is 10.1 Å². The second-order valence-corrected chi connectivity index (χ2v) is 6.93. The largest absolute Gasteiger partial charge is 0.481 e. The van der Waals surface area contributed by atoms with Gasteiger partial charge in [-0.05, 0) is 39.0 Å². The van der Waals surface area contributed by atoms with Gasteiger partial charge < -0.3 is 14.9 Å². The molecule has 2 aliphatic rings. The Morgan fingerprint density at radius 2 is 2.16 bits per heavy atom. The van der Waals surface area contributed by atoms with E-state index < -0.39 is 5.97 Å². The first-order valence-electron chi connectivity index (χ1n) is 8.75. The Hall–Kier alpha value is -2.38. The van der Waals surface area contributed by atoms with E-state index in [9.17, 15) is 9.59 Å². The number of likely N-dealkylation sites (tertiary alicyclic amines) is 1. The van der Waals surface area contributed by atoms with Crippen LogP contribution in [0.2, 0.25) is 0 Å². The predicted octanol–water partition coefficient (Wildman–Crippen LogP) is 1.67. The van der Waals surface area contributed by atoms with Gasteiger partial charge in [-0.3, -0.25) is 9.59 Å². The van der Waals surface area contributed by atoms with Crippen LogP contribution >= 0.6 is 0 Å². The van der Waals surface area contributed by atoms with Crippen LogP contribution in [0.25, 0.3) is 0 Å². The summed E-state index contributed by atoms with van der Waals surface area (Å²) in [5, 5.41) is 13.1. The van der Waals surface area contributed by atoms with E-state index >= 15 is 0 Å². The molecule has 0 radical (unpaired) electrons. The zero-order chi connectivity index (χ0) is 18.1. The zero-order valence-electron chi connectivity index (χ0n) is 15.0. The Morgan fingerprint density at radius 3 is 2.88 bits per heavy atom. The van der Waals surface area contributed by atoms with E-state index in [1.54, 1.807) is 4.68 Å². The fourth-order valence-electron chi connectivity index (χ4n) is 3.83. The lowest BCUT2D eigenvalue weighted by molar-refractivity contribution is -0.137. The number of hydrogen-bond donors (Lipinski definition) is 1. The molecule has 1 amide bonds. The molecule has 8 nitrogen and oxygen atoms in total. The van der Waals surface area contributed by atoms with E-state index in [4.69, 9.17) is 5.11 Å². The minimum absolute atomic E-state index is 0.0259. The number of amides is 1. The third-order valence-corrected chi connectivity index (χ3v) is 5.33. The van der Waals surface area contributed by atoms with Crippen LogP contribution in [-0.2, 0) is 9.59 Å². The van der Waals surface area contributed by atoms with E-state index in [1.165, 1.54) is 6.33 Å². The van der Waals surface area contributed by atoms with Crippen LogP contribution in [0.5, 0.6) is 0 Å². The maximum Gasteiger partial charge on any atom is 0.303 e. The van der Waals surface area contributed by atoms with Crippen LogP contribution in [0, 0.1) is 5.92 Å². The van der Waals surface area contributed by atoms with Gasteiger partial charge in [0.15, 0.2) is 0 Å². The summed E-state index contributed by atoms with van der Waals surface area (Å²) >= 11 is 0. The average Bonchev–Trinajstić information content (AvgIpc) is 3.08. The molecule has 0 aromatic carbocycles. The summed E-state index contributed by atoms with van der Waals surface area (Å²) < 4.78 is 1.77. The summed E-state index contributed by atoms with van der Waals surface area (Å²) in [7, 11) is 1.89. The number of allylic oxidation sites excluding steroid dienone is 1. The predicted molar refractivity (Wildman–Crippen MR) is 92.0 cm³/mol. The number of carbonyl (C=O) groups is 2. The molecule has 3 heterocycles. The molecule has 0 saturated carbocycles. The number of carbonyl (C=O) groups excluding carboxylic acids is 1. The van der Waals surface area contributed by atoms with Gasteiger partial charge in [-0.15, -0.1) is 0 Å². The standard InChI is InChI=1S/C17H25N5O3/c1-11-15(12(2)22-17(20(11)3)18-10-19-22)16(25)21-8-4-5-13(9-21)6-7-14(23)24/h10,12-13H,4-9H2,1-3H3,(H,23,24). The first kappa shape index (κ1) is 17.4. The molecule has 1 saturated heterocycles. The molecule has 0 spiro atoms. The number of anilines is 1. The number of aromatic nitrogens is 3. The van der Waals surface area contributed by atoms with Gasteiger partial charge in [0, 0.05) is 32.3 Å². The van der Waals surface area contributed by atoms with Crippen molar-refractivity contribution in [2.75, 3.05) is 25.0 Å². The molecule has 136 valence electrons. The normalized spacial score (nSPS) is 23.6. The fraction of sp³-hybridized carbons (Fsp3) is 0.647. The van der Waals surface area contributed by atoms with Gasteiger partial charge in [0.05, 0.1) is 11.6 Å². The SMILES string of the molecule is CC1=C(C(=O)N2CCCC(CCC(=O)O)C2)C(C)n2ncnc2N1C. The molecule has 1 aromatic rings. The Morgan fingerprint density at radius 1 is 1.40 bits per heavy atom. The summed E-state index contributed by atoms with van der Waals surface area (Å²) in [5.74, 6) is 0.244. The zero-order valence-corrected chi connectivity index (χ0v) is 15.0. The van der Waals surface area contributed by atoms with Crippen molar-refractivity contribution in [1.82, 2.24) is 19.7 Å². The molecule has 1 aromatic heterocycles. The molecule has 3 rings (SSSR count). The Kier molecular flexibility index (Phi) is 4.78. The number of carboxylic acids is 1. The maximum absolute atomic E-state index is 13.2. The molecular weight excluding hydrogens is 322 g/mol. The lowest BCUT2D eigenvalue weighted by atomic mass is 9.92. The van der Waals surface area contributed by atoms with Crippen LogP contribution < -0.4 is 4.90 Å². The second-order valence-electron chi connectivity index (χ2n) is 6.93.